The maximum Gasteiger partial charge on any atom is 0.281 e. The zero-order valence-corrected chi connectivity index (χ0v) is 10.2. The van der Waals surface area contributed by atoms with Gasteiger partial charge in [-0.3, -0.25) is 9.78 Å². The van der Waals surface area contributed by atoms with Gasteiger partial charge in [-0.05, 0) is 11.6 Å². The zero-order valence-electron chi connectivity index (χ0n) is 10.2. The lowest BCUT2D eigenvalue weighted by atomic mass is 10.0. The van der Waals surface area contributed by atoms with Gasteiger partial charge in [-0.25, -0.2) is 0 Å². The molecule has 1 aromatic rings. The van der Waals surface area contributed by atoms with Gasteiger partial charge in [0, 0.05) is 12.1 Å². The number of hydrogen-bond acceptors (Lipinski definition) is 3. The molecular formula is C13H14N4O2. The Labute approximate surface area is 110 Å². The Morgan fingerprint density at radius 3 is 2.89 bits per heavy atom. The highest BCUT2D eigenvalue weighted by Gasteiger charge is 2.16. The average molecular weight is 258 g/mol. The summed E-state index contributed by atoms with van der Waals surface area (Å²) >= 11 is 0. The molecule has 0 aromatic carbocycles. The number of fused-ring (bicyclic) bond motifs is 1. The summed E-state index contributed by atoms with van der Waals surface area (Å²) in [5, 5.41) is 9.32. The molecule has 0 bridgehead atoms. The number of rotatable bonds is 2. The molecule has 1 unspecified atom stereocenters. The van der Waals surface area contributed by atoms with Crippen molar-refractivity contribution in [2.75, 3.05) is 6.61 Å². The smallest absolute Gasteiger partial charge is 0.281 e. The molecule has 6 nitrogen and oxygen atoms in total. The van der Waals surface area contributed by atoms with Crippen LogP contribution in [0.1, 0.15) is 27.5 Å². The Kier molecular flexibility index (Phi) is 3.72. The van der Waals surface area contributed by atoms with Gasteiger partial charge in [0.05, 0.1) is 17.9 Å². The van der Waals surface area contributed by atoms with Crippen molar-refractivity contribution in [1.82, 2.24) is 4.98 Å². The van der Waals surface area contributed by atoms with Crippen LogP contribution in [0.5, 0.6) is 0 Å². The van der Waals surface area contributed by atoms with Gasteiger partial charge >= 0.3 is 0 Å². The number of allylic oxidation sites excluding steroid dienone is 2. The summed E-state index contributed by atoms with van der Waals surface area (Å²) in [4.78, 5) is 19.4. The second-order valence-electron chi connectivity index (χ2n) is 4.07. The number of aliphatic hydroxyl groups is 1. The number of guanidine groups is 1. The minimum Gasteiger partial charge on any atom is -0.395 e. The second kappa shape index (κ2) is 5.45. The van der Waals surface area contributed by atoms with Crippen LogP contribution in [-0.4, -0.2) is 28.6 Å². The third kappa shape index (κ3) is 2.86. The monoisotopic (exact) mass is 258 g/mol. The Hall–Kier alpha value is -2.47. The number of aliphatic imine (C=N–C) groups is 1. The molecule has 1 heterocycles. The zero-order chi connectivity index (χ0) is 13.8. The maximum atomic E-state index is 11.7. The minimum atomic E-state index is -0.540. The van der Waals surface area contributed by atoms with Crippen LogP contribution >= 0.6 is 0 Å². The number of carbonyl (C=O) groups excluding carboxylic acids is 1. The Morgan fingerprint density at radius 1 is 1.42 bits per heavy atom. The molecule has 1 aliphatic rings. The first-order valence-electron chi connectivity index (χ1n) is 5.71. The third-order valence-corrected chi connectivity index (χ3v) is 2.71. The molecule has 2 rings (SSSR count). The van der Waals surface area contributed by atoms with Crippen LogP contribution in [0.4, 0.5) is 0 Å². The number of carbonyl (C=O) groups is 1. The summed E-state index contributed by atoms with van der Waals surface area (Å²) in [5.74, 6) is -1.01. The largest absolute Gasteiger partial charge is 0.395 e. The maximum absolute atomic E-state index is 11.7. The van der Waals surface area contributed by atoms with Crippen molar-refractivity contribution in [3.8, 4) is 0 Å². The highest BCUT2D eigenvalue weighted by Crippen LogP contribution is 2.24. The van der Waals surface area contributed by atoms with E-state index < -0.39 is 5.91 Å². The number of hydrogen-bond donors (Lipinski definition) is 3. The number of aliphatic hydroxyl groups excluding tert-OH is 1. The molecule has 98 valence electrons. The first-order valence-corrected chi connectivity index (χ1v) is 5.71. The van der Waals surface area contributed by atoms with Crippen molar-refractivity contribution >= 4 is 17.9 Å². The molecule has 0 saturated carbocycles. The Bertz CT molecular complexity index is 586. The number of nitrogens with two attached hydrogens (primary N) is 2. The highest BCUT2D eigenvalue weighted by molar-refractivity contribution is 6.02. The van der Waals surface area contributed by atoms with E-state index in [1.54, 1.807) is 6.07 Å². The van der Waals surface area contributed by atoms with Crippen LogP contribution in [0.25, 0.3) is 6.08 Å². The molecule has 0 fully saturated rings. The van der Waals surface area contributed by atoms with Crippen LogP contribution in [-0.2, 0) is 0 Å². The number of nitrogens with zero attached hydrogens (tertiary/aromatic N) is 2. The molecule has 0 aliphatic heterocycles. The summed E-state index contributed by atoms with van der Waals surface area (Å²) in [5.41, 5.74) is 12.1. The van der Waals surface area contributed by atoms with Crippen molar-refractivity contribution in [3.05, 3.63) is 47.3 Å². The number of aromatic nitrogens is 1. The van der Waals surface area contributed by atoms with E-state index in [9.17, 15) is 9.90 Å². The van der Waals surface area contributed by atoms with E-state index >= 15 is 0 Å². The number of pyridine rings is 1. The van der Waals surface area contributed by atoms with Crippen LogP contribution in [0, 0.1) is 0 Å². The topological polar surface area (TPSA) is 115 Å². The fourth-order valence-electron chi connectivity index (χ4n) is 1.83. The molecule has 1 amide bonds. The average Bonchev–Trinajstić information content (AvgIpc) is 2.58. The SMILES string of the molecule is NC(N)=NC(=O)c1cnc2c(c1)C=CC=CC2CO. The predicted octanol–water partition coefficient (Wildman–Crippen LogP) is 0.154. The van der Waals surface area contributed by atoms with Gasteiger partial charge in [0.1, 0.15) is 0 Å². The quantitative estimate of drug-likeness (QED) is 0.516. The van der Waals surface area contributed by atoms with E-state index in [0.717, 1.165) is 5.56 Å². The standard InChI is InChI=1S/C13H14N4O2/c14-13(15)17-12(19)10-5-8-3-1-2-4-9(7-18)11(8)16-6-10/h1-6,9,18H,7H2,(H4,14,15,17,19). The molecule has 0 spiro atoms. The summed E-state index contributed by atoms with van der Waals surface area (Å²) in [6.45, 7) is -0.0423. The summed E-state index contributed by atoms with van der Waals surface area (Å²) < 4.78 is 0. The van der Waals surface area contributed by atoms with Crippen molar-refractivity contribution in [2.24, 2.45) is 16.5 Å². The molecule has 6 heteroatoms. The fraction of sp³-hybridized carbons (Fsp3) is 0.154. The van der Waals surface area contributed by atoms with E-state index in [1.165, 1.54) is 6.20 Å². The van der Waals surface area contributed by atoms with Gasteiger partial charge < -0.3 is 16.6 Å². The molecule has 5 N–H and O–H groups in total. The summed E-state index contributed by atoms with van der Waals surface area (Å²) in [6.07, 6.45) is 8.74. The van der Waals surface area contributed by atoms with E-state index in [0.29, 0.717) is 11.3 Å². The van der Waals surface area contributed by atoms with Gasteiger partial charge in [0.2, 0.25) is 0 Å². The Balaban J connectivity index is 2.42. The molecular weight excluding hydrogens is 244 g/mol. The first kappa shape index (κ1) is 13.0. The Morgan fingerprint density at radius 2 is 2.21 bits per heavy atom. The molecule has 19 heavy (non-hydrogen) atoms. The lowest BCUT2D eigenvalue weighted by Crippen LogP contribution is -2.24. The molecule has 0 saturated heterocycles. The van der Waals surface area contributed by atoms with E-state index in [-0.39, 0.29) is 18.5 Å². The lowest BCUT2D eigenvalue weighted by molar-refractivity contribution is 0.100. The molecule has 0 radical (unpaired) electrons. The van der Waals surface area contributed by atoms with E-state index in [4.69, 9.17) is 11.5 Å². The summed E-state index contributed by atoms with van der Waals surface area (Å²) in [6, 6.07) is 1.66. The van der Waals surface area contributed by atoms with Crippen molar-refractivity contribution in [1.29, 1.82) is 0 Å². The van der Waals surface area contributed by atoms with Crippen molar-refractivity contribution in [3.63, 3.8) is 0 Å². The van der Waals surface area contributed by atoms with E-state index in [2.05, 4.69) is 9.98 Å². The minimum absolute atomic E-state index is 0.0423. The van der Waals surface area contributed by atoms with E-state index in [1.807, 2.05) is 24.3 Å². The van der Waals surface area contributed by atoms with Gasteiger partial charge in [0.25, 0.3) is 5.91 Å². The van der Waals surface area contributed by atoms with Gasteiger partial charge in [0.15, 0.2) is 5.96 Å². The first-order chi connectivity index (χ1) is 9.11. The third-order valence-electron chi connectivity index (χ3n) is 2.71. The van der Waals surface area contributed by atoms with Crippen LogP contribution in [0.2, 0.25) is 0 Å². The summed E-state index contributed by atoms with van der Waals surface area (Å²) in [7, 11) is 0. The fourth-order valence-corrected chi connectivity index (χ4v) is 1.83. The predicted molar refractivity (Wildman–Crippen MR) is 72.4 cm³/mol. The lowest BCUT2D eigenvalue weighted by Gasteiger charge is -2.11. The van der Waals surface area contributed by atoms with Gasteiger partial charge in [-0.1, -0.05) is 24.3 Å². The molecule has 1 atom stereocenters. The van der Waals surface area contributed by atoms with Gasteiger partial charge in [-0.2, -0.15) is 4.99 Å². The molecule has 1 aliphatic carbocycles. The van der Waals surface area contributed by atoms with Gasteiger partial charge in [-0.15, -0.1) is 0 Å². The van der Waals surface area contributed by atoms with Crippen LogP contribution in [0.15, 0.2) is 35.5 Å². The highest BCUT2D eigenvalue weighted by atomic mass is 16.3. The normalized spacial score (nSPS) is 16.6. The second-order valence-corrected chi connectivity index (χ2v) is 4.07. The van der Waals surface area contributed by atoms with Crippen molar-refractivity contribution < 1.29 is 9.90 Å². The van der Waals surface area contributed by atoms with Crippen LogP contribution in [0.3, 0.4) is 0 Å². The number of amides is 1. The van der Waals surface area contributed by atoms with Crippen molar-refractivity contribution in [2.45, 2.75) is 5.92 Å². The molecule has 1 aromatic heterocycles. The van der Waals surface area contributed by atoms with Crippen LogP contribution < -0.4 is 11.5 Å².